The number of hydrogen-bond donors (Lipinski definition) is 1. The maximum absolute atomic E-state index is 10.8. The number of rotatable bonds is 5. The van der Waals surface area contributed by atoms with Gasteiger partial charge in [0.15, 0.2) is 0 Å². The molecule has 1 aliphatic carbocycles. The third-order valence-electron chi connectivity index (χ3n) is 2.85. The van der Waals surface area contributed by atoms with Gasteiger partial charge in [0, 0.05) is 19.1 Å². The molecule has 7 heteroatoms. The molecule has 1 heterocycles. The van der Waals surface area contributed by atoms with Crippen LogP contribution in [0.3, 0.4) is 0 Å². The molecule has 0 bridgehead atoms. The SMILES string of the molecule is CCOC1C(N)CC1Oc1cccnc1[N+](=O)[O-]. The van der Waals surface area contributed by atoms with Crippen LogP contribution in [0.1, 0.15) is 13.3 Å². The van der Waals surface area contributed by atoms with Crippen LogP contribution in [0.5, 0.6) is 5.75 Å². The minimum atomic E-state index is -0.566. The van der Waals surface area contributed by atoms with Gasteiger partial charge in [0.25, 0.3) is 0 Å². The van der Waals surface area contributed by atoms with E-state index in [0.717, 1.165) is 0 Å². The van der Waals surface area contributed by atoms with Crippen molar-refractivity contribution in [2.24, 2.45) is 5.73 Å². The van der Waals surface area contributed by atoms with E-state index in [2.05, 4.69) is 4.98 Å². The summed E-state index contributed by atoms with van der Waals surface area (Å²) in [4.78, 5) is 13.9. The molecule has 0 amide bonds. The van der Waals surface area contributed by atoms with Crippen LogP contribution in [-0.4, -0.2) is 34.8 Å². The van der Waals surface area contributed by atoms with E-state index in [9.17, 15) is 10.1 Å². The lowest BCUT2D eigenvalue weighted by Crippen LogP contribution is -2.59. The van der Waals surface area contributed by atoms with Gasteiger partial charge in [-0.3, -0.25) is 0 Å². The van der Waals surface area contributed by atoms with Crippen molar-refractivity contribution in [3.63, 3.8) is 0 Å². The predicted octanol–water partition coefficient (Wildman–Crippen LogP) is 0.873. The zero-order valence-corrected chi connectivity index (χ0v) is 9.98. The molecule has 0 aromatic carbocycles. The molecule has 0 aliphatic heterocycles. The van der Waals surface area contributed by atoms with Crippen LogP contribution in [-0.2, 0) is 4.74 Å². The zero-order valence-electron chi connectivity index (χ0n) is 9.98. The zero-order chi connectivity index (χ0) is 13.1. The second-order valence-corrected chi connectivity index (χ2v) is 4.06. The molecular formula is C11H15N3O4. The van der Waals surface area contributed by atoms with Crippen molar-refractivity contribution in [1.82, 2.24) is 4.98 Å². The molecule has 3 unspecified atom stereocenters. The summed E-state index contributed by atoms with van der Waals surface area (Å²) in [6, 6.07) is 3.04. The number of nitrogens with zero attached hydrogens (tertiary/aromatic N) is 2. The highest BCUT2D eigenvalue weighted by Gasteiger charge is 2.42. The molecule has 18 heavy (non-hydrogen) atoms. The van der Waals surface area contributed by atoms with Crippen molar-refractivity contribution in [3.05, 3.63) is 28.4 Å². The summed E-state index contributed by atoms with van der Waals surface area (Å²) in [5.74, 6) is -0.127. The van der Waals surface area contributed by atoms with Crippen LogP contribution < -0.4 is 10.5 Å². The van der Waals surface area contributed by atoms with Gasteiger partial charge in [-0.05, 0) is 29.0 Å². The van der Waals surface area contributed by atoms with Crippen molar-refractivity contribution in [2.45, 2.75) is 31.6 Å². The maximum atomic E-state index is 10.8. The molecule has 2 rings (SSSR count). The highest BCUT2D eigenvalue weighted by molar-refractivity contribution is 5.39. The van der Waals surface area contributed by atoms with E-state index in [1.54, 1.807) is 6.07 Å². The van der Waals surface area contributed by atoms with Crippen LogP contribution in [0, 0.1) is 10.1 Å². The highest BCUT2D eigenvalue weighted by Crippen LogP contribution is 2.31. The van der Waals surface area contributed by atoms with Crippen LogP contribution in [0.2, 0.25) is 0 Å². The lowest BCUT2D eigenvalue weighted by molar-refractivity contribution is -0.391. The minimum absolute atomic E-state index is 0.0781. The van der Waals surface area contributed by atoms with Crippen LogP contribution in [0.25, 0.3) is 0 Å². The first-order chi connectivity index (χ1) is 8.63. The molecule has 1 saturated carbocycles. The Morgan fingerprint density at radius 2 is 2.44 bits per heavy atom. The summed E-state index contributed by atoms with van der Waals surface area (Å²) < 4.78 is 11.0. The molecular weight excluding hydrogens is 238 g/mol. The first kappa shape index (κ1) is 12.7. The van der Waals surface area contributed by atoms with E-state index in [1.165, 1.54) is 12.3 Å². The number of hydrogen-bond acceptors (Lipinski definition) is 6. The Labute approximate surface area is 104 Å². The van der Waals surface area contributed by atoms with Gasteiger partial charge in [-0.25, -0.2) is 0 Å². The van der Waals surface area contributed by atoms with Crippen LogP contribution >= 0.6 is 0 Å². The van der Waals surface area contributed by atoms with Crippen LogP contribution in [0.4, 0.5) is 5.82 Å². The number of nitro groups is 1. The minimum Gasteiger partial charge on any atom is -0.479 e. The highest BCUT2D eigenvalue weighted by atomic mass is 16.6. The summed E-state index contributed by atoms with van der Waals surface area (Å²) in [6.45, 7) is 2.40. The third-order valence-corrected chi connectivity index (χ3v) is 2.85. The fourth-order valence-electron chi connectivity index (χ4n) is 1.93. The Morgan fingerprint density at radius 3 is 3.06 bits per heavy atom. The average molecular weight is 253 g/mol. The van der Waals surface area contributed by atoms with Crippen molar-refractivity contribution < 1.29 is 14.4 Å². The monoisotopic (exact) mass is 253 g/mol. The molecule has 98 valence electrons. The predicted molar refractivity (Wildman–Crippen MR) is 63.3 cm³/mol. The standard InChI is InChI=1S/C11H15N3O4/c1-2-17-10-7(12)6-9(10)18-8-4-3-5-13-11(8)14(15)16/h3-5,7,9-10H,2,6,12H2,1H3. The molecule has 0 radical (unpaired) electrons. The molecule has 1 aromatic heterocycles. The lowest BCUT2D eigenvalue weighted by Gasteiger charge is -2.41. The number of ether oxygens (including phenoxy) is 2. The Kier molecular flexibility index (Phi) is 3.73. The molecule has 2 N–H and O–H groups in total. The Hall–Kier alpha value is -1.73. The van der Waals surface area contributed by atoms with Crippen molar-refractivity contribution in [1.29, 1.82) is 0 Å². The second-order valence-electron chi connectivity index (χ2n) is 4.06. The maximum Gasteiger partial charge on any atom is 0.406 e. The summed E-state index contributed by atoms with van der Waals surface area (Å²) >= 11 is 0. The second kappa shape index (κ2) is 5.28. The van der Waals surface area contributed by atoms with Gasteiger partial charge in [0.2, 0.25) is 5.75 Å². The summed E-state index contributed by atoms with van der Waals surface area (Å²) in [5.41, 5.74) is 5.80. The number of aromatic nitrogens is 1. The topological polar surface area (TPSA) is 101 Å². The molecule has 3 atom stereocenters. The Balaban J connectivity index is 2.08. The van der Waals surface area contributed by atoms with E-state index in [4.69, 9.17) is 15.2 Å². The van der Waals surface area contributed by atoms with Crippen molar-refractivity contribution in [3.8, 4) is 5.75 Å². The van der Waals surface area contributed by atoms with Gasteiger partial charge in [0.05, 0.1) is 0 Å². The molecule has 7 nitrogen and oxygen atoms in total. The van der Waals surface area contributed by atoms with Gasteiger partial charge in [-0.1, -0.05) is 0 Å². The molecule has 0 spiro atoms. The van der Waals surface area contributed by atoms with Gasteiger partial charge < -0.3 is 25.3 Å². The fourth-order valence-corrected chi connectivity index (χ4v) is 1.93. The van der Waals surface area contributed by atoms with Crippen LogP contribution in [0.15, 0.2) is 18.3 Å². The first-order valence-corrected chi connectivity index (χ1v) is 5.76. The third kappa shape index (κ3) is 2.41. The Morgan fingerprint density at radius 1 is 1.67 bits per heavy atom. The van der Waals surface area contributed by atoms with Gasteiger partial charge >= 0.3 is 5.82 Å². The van der Waals surface area contributed by atoms with E-state index in [-0.39, 0.29) is 29.8 Å². The van der Waals surface area contributed by atoms with E-state index in [1.807, 2.05) is 6.92 Å². The van der Waals surface area contributed by atoms with E-state index >= 15 is 0 Å². The smallest absolute Gasteiger partial charge is 0.406 e. The van der Waals surface area contributed by atoms with Crippen molar-refractivity contribution >= 4 is 5.82 Å². The Bertz CT molecular complexity index is 440. The van der Waals surface area contributed by atoms with Crippen molar-refractivity contribution in [2.75, 3.05) is 6.61 Å². The van der Waals surface area contributed by atoms with Gasteiger partial charge in [0.1, 0.15) is 18.4 Å². The first-order valence-electron chi connectivity index (χ1n) is 5.76. The molecule has 1 fully saturated rings. The molecule has 1 aliphatic rings. The fraction of sp³-hybridized carbons (Fsp3) is 0.545. The van der Waals surface area contributed by atoms with Gasteiger partial charge in [-0.2, -0.15) is 0 Å². The number of nitrogens with two attached hydrogens (primary N) is 1. The summed E-state index contributed by atoms with van der Waals surface area (Å²) in [6.07, 6.45) is 1.52. The lowest BCUT2D eigenvalue weighted by atomic mass is 9.86. The molecule has 1 aromatic rings. The summed E-state index contributed by atoms with van der Waals surface area (Å²) in [7, 11) is 0. The van der Waals surface area contributed by atoms with E-state index in [0.29, 0.717) is 13.0 Å². The number of pyridine rings is 1. The normalized spacial score (nSPS) is 26.4. The van der Waals surface area contributed by atoms with Gasteiger partial charge in [-0.15, -0.1) is 0 Å². The molecule has 0 saturated heterocycles. The summed E-state index contributed by atoms with van der Waals surface area (Å²) in [5, 5.41) is 10.8. The largest absolute Gasteiger partial charge is 0.479 e. The quantitative estimate of drug-likeness (QED) is 0.617. The average Bonchev–Trinajstić information content (AvgIpc) is 2.36. The van der Waals surface area contributed by atoms with E-state index < -0.39 is 4.92 Å².